The Morgan fingerprint density at radius 3 is 2.05 bits per heavy atom. The van der Waals surface area contributed by atoms with Crippen LogP contribution in [0.4, 0.5) is 0 Å². The van der Waals surface area contributed by atoms with Gasteiger partial charge in [0.1, 0.15) is 12.2 Å². The van der Waals surface area contributed by atoms with Crippen LogP contribution in [0.5, 0.6) is 0 Å². The average molecular weight is 557 g/mol. The van der Waals surface area contributed by atoms with E-state index in [4.69, 9.17) is 9.47 Å². The van der Waals surface area contributed by atoms with E-state index in [9.17, 15) is 19.5 Å². The summed E-state index contributed by atoms with van der Waals surface area (Å²) in [6, 6.07) is 0. The van der Waals surface area contributed by atoms with Gasteiger partial charge >= 0.3 is 17.9 Å². The van der Waals surface area contributed by atoms with Crippen molar-refractivity contribution in [1.82, 2.24) is 0 Å². The number of carbonyl (C=O) groups is 3. The summed E-state index contributed by atoms with van der Waals surface area (Å²) in [5.41, 5.74) is 0.360. The third-order valence-corrected chi connectivity index (χ3v) is 13.5. The van der Waals surface area contributed by atoms with Gasteiger partial charge in [-0.25, -0.2) is 0 Å². The predicted molar refractivity (Wildman–Crippen MR) is 153 cm³/mol. The van der Waals surface area contributed by atoms with Crippen LogP contribution in [0.15, 0.2) is 11.6 Å². The molecule has 0 spiro atoms. The van der Waals surface area contributed by atoms with E-state index < -0.39 is 23.6 Å². The topological polar surface area (TPSA) is 89.9 Å². The van der Waals surface area contributed by atoms with Crippen molar-refractivity contribution < 1.29 is 29.0 Å². The Balaban J connectivity index is 1.59. The lowest BCUT2D eigenvalue weighted by atomic mass is 9.33. The van der Waals surface area contributed by atoms with Gasteiger partial charge in [0.2, 0.25) is 0 Å². The highest BCUT2D eigenvalue weighted by Gasteiger charge is 2.70. The highest BCUT2D eigenvalue weighted by molar-refractivity contribution is 5.76. The summed E-state index contributed by atoms with van der Waals surface area (Å²) >= 11 is 0. The van der Waals surface area contributed by atoms with Gasteiger partial charge in [-0.2, -0.15) is 0 Å². The van der Waals surface area contributed by atoms with Crippen LogP contribution in [0, 0.1) is 50.2 Å². The normalized spacial score (nSPS) is 46.8. The van der Waals surface area contributed by atoms with E-state index in [1.54, 1.807) is 0 Å². The molecule has 4 fully saturated rings. The SMILES string of the molecule is CC(=O)O[C@@H]1[C@H](OC(C)=O)C[C@]2(C)[C@H]3CC=C4[C@@H]5CC(C)(C)CC[C@]5(C(=O)O)CC[C@@]4(C)[C@]3(C)CC[C@H]2C1(C)C. The standard InChI is InChI=1S/C34H52O6/c1-20(35)39-24-19-31(7)25(30(5,6)27(24)40-21(2)36)12-13-33(9)26(31)11-10-22-23-18-29(3,4)14-16-34(23,28(37)38)17-15-32(22,33)8/h10,23-27H,11-19H2,1-9H3,(H,37,38)/t23-,24+,25-,26+,27+,31-,32+,33+,34-/m0/s1. The molecule has 0 bridgehead atoms. The number of allylic oxidation sites excluding steroid dienone is 2. The summed E-state index contributed by atoms with van der Waals surface area (Å²) in [6.07, 6.45) is 9.51. The third-order valence-electron chi connectivity index (χ3n) is 13.5. The molecule has 0 radical (unpaired) electrons. The fourth-order valence-corrected chi connectivity index (χ4v) is 11.4. The number of rotatable bonds is 3. The molecule has 5 aliphatic carbocycles. The Morgan fingerprint density at radius 1 is 0.825 bits per heavy atom. The molecule has 0 heterocycles. The quantitative estimate of drug-likeness (QED) is 0.289. The van der Waals surface area contributed by atoms with Gasteiger partial charge in [-0.3, -0.25) is 14.4 Å². The van der Waals surface area contributed by atoms with Crippen molar-refractivity contribution in [3.8, 4) is 0 Å². The van der Waals surface area contributed by atoms with Crippen LogP contribution in [0.2, 0.25) is 0 Å². The van der Waals surface area contributed by atoms with Crippen LogP contribution in [0.3, 0.4) is 0 Å². The van der Waals surface area contributed by atoms with Crippen LogP contribution in [-0.4, -0.2) is 35.2 Å². The molecule has 6 heteroatoms. The average Bonchev–Trinajstić information content (AvgIpc) is 2.81. The maximum absolute atomic E-state index is 12.9. The first-order valence-corrected chi connectivity index (χ1v) is 15.6. The summed E-state index contributed by atoms with van der Waals surface area (Å²) in [5.74, 6) is -0.528. The molecule has 5 rings (SSSR count). The van der Waals surface area contributed by atoms with E-state index >= 15 is 0 Å². The number of aliphatic carboxylic acids is 1. The number of hydrogen-bond donors (Lipinski definition) is 1. The molecule has 224 valence electrons. The van der Waals surface area contributed by atoms with Crippen molar-refractivity contribution in [3.63, 3.8) is 0 Å². The van der Waals surface area contributed by atoms with Gasteiger partial charge in [0.15, 0.2) is 0 Å². The molecule has 0 aromatic heterocycles. The largest absolute Gasteiger partial charge is 0.481 e. The first-order chi connectivity index (χ1) is 18.3. The molecule has 5 aliphatic rings. The van der Waals surface area contributed by atoms with Gasteiger partial charge < -0.3 is 14.6 Å². The molecule has 4 saturated carbocycles. The molecule has 0 aromatic carbocycles. The molecule has 0 amide bonds. The van der Waals surface area contributed by atoms with E-state index in [1.165, 1.54) is 19.4 Å². The number of ether oxygens (including phenoxy) is 2. The number of fused-ring (bicyclic) bond motifs is 7. The summed E-state index contributed by atoms with van der Waals surface area (Å²) < 4.78 is 11.8. The summed E-state index contributed by atoms with van der Waals surface area (Å²) in [4.78, 5) is 37.3. The second-order valence-corrected chi connectivity index (χ2v) is 16.4. The second-order valence-electron chi connectivity index (χ2n) is 16.4. The highest BCUT2D eigenvalue weighted by Crippen LogP contribution is 2.76. The van der Waals surface area contributed by atoms with Crippen molar-refractivity contribution in [3.05, 3.63) is 11.6 Å². The molecule has 0 unspecified atom stereocenters. The zero-order valence-corrected chi connectivity index (χ0v) is 26.3. The summed E-state index contributed by atoms with van der Waals surface area (Å²) in [6.45, 7) is 19.2. The van der Waals surface area contributed by atoms with Crippen molar-refractivity contribution >= 4 is 17.9 Å². The fourth-order valence-electron chi connectivity index (χ4n) is 11.4. The van der Waals surface area contributed by atoms with E-state index in [0.29, 0.717) is 18.3 Å². The first kappa shape index (κ1) is 29.6. The van der Waals surface area contributed by atoms with E-state index in [1.807, 2.05) is 0 Å². The van der Waals surface area contributed by atoms with Crippen molar-refractivity contribution in [2.24, 2.45) is 50.2 Å². The van der Waals surface area contributed by atoms with Crippen LogP contribution < -0.4 is 0 Å². The van der Waals surface area contributed by atoms with Gasteiger partial charge in [-0.1, -0.05) is 60.1 Å². The van der Waals surface area contributed by atoms with E-state index in [0.717, 1.165) is 51.4 Å². The molecule has 6 nitrogen and oxygen atoms in total. The number of hydrogen-bond acceptors (Lipinski definition) is 5. The monoisotopic (exact) mass is 556 g/mol. The van der Waals surface area contributed by atoms with Crippen LogP contribution in [-0.2, 0) is 23.9 Å². The van der Waals surface area contributed by atoms with Crippen molar-refractivity contribution in [1.29, 1.82) is 0 Å². The Bertz CT molecular complexity index is 1140. The Labute approximate surface area is 241 Å². The maximum Gasteiger partial charge on any atom is 0.310 e. The Kier molecular flexibility index (Phi) is 6.72. The molecule has 0 aromatic rings. The van der Waals surface area contributed by atoms with Crippen LogP contribution in [0.25, 0.3) is 0 Å². The molecular weight excluding hydrogens is 504 g/mol. The van der Waals surface area contributed by atoms with Crippen LogP contribution >= 0.6 is 0 Å². The fraction of sp³-hybridized carbons (Fsp3) is 0.853. The minimum Gasteiger partial charge on any atom is -0.481 e. The highest BCUT2D eigenvalue weighted by atomic mass is 16.6. The second kappa shape index (κ2) is 9.07. The van der Waals surface area contributed by atoms with Gasteiger partial charge in [-0.05, 0) is 97.2 Å². The summed E-state index contributed by atoms with van der Waals surface area (Å²) in [5, 5.41) is 10.6. The number of esters is 2. The molecule has 40 heavy (non-hydrogen) atoms. The van der Waals surface area contributed by atoms with Crippen LogP contribution in [0.1, 0.15) is 120 Å². The van der Waals surface area contributed by atoms with Gasteiger partial charge in [0.05, 0.1) is 5.41 Å². The maximum atomic E-state index is 12.9. The molecule has 1 N–H and O–H groups in total. The smallest absolute Gasteiger partial charge is 0.310 e. The van der Waals surface area contributed by atoms with Crippen molar-refractivity contribution in [2.75, 3.05) is 0 Å². The number of carbonyl (C=O) groups excluding carboxylic acids is 2. The summed E-state index contributed by atoms with van der Waals surface area (Å²) in [7, 11) is 0. The van der Waals surface area contributed by atoms with Gasteiger partial charge in [0.25, 0.3) is 0 Å². The van der Waals surface area contributed by atoms with E-state index in [2.05, 4.69) is 54.5 Å². The Morgan fingerprint density at radius 2 is 1.45 bits per heavy atom. The lowest BCUT2D eigenvalue weighted by molar-refractivity contribution is -0.244. The van der Waals surface area contributed by atoms with Gasteiger partial charge in [0, 0.05) is 19.3 Å². The minimum atomic E-state index is -0.643. The van der Waals surface area contributed by atoms with Gasteiger partial charge in [-0.15, -0.1) is 0 Å². The minimum absolute atomic E-state index is 0.000288. The molecule has 0 saturated heterocycles. The number of carboxylic acids is 1. The predicted octanol–water partition coefficient (Wildman–Crippen LogP) is 7.35. The third kappa shape index (κ3) is 3.96. The first-order valence-electron chi connectivity index (χ1n) is 15.6. The molecular formula is C34H52O6. The van der Waals surface area contributed by atoms with Crippen molar-refractivity contribution in [2.45, 2.75) is 132 Å². The molecule has 0 aliphatic heterocycles. The number of carboxylic acid groups (broad SMARTS) is 1. The zero-order chi connectivity index (χ0) is 29.7. The molecule has 9 atom stereocenters. The zero-order valence-electron chi connectivity index (χ0n) is 26.3. The Hall–Kier alpha value is -1.85. The van der Waals surface area contributed by atoms with E-state index in [-0.39, 0.29) is 44.9 Å². The lowest BCUT2D eigenvalue weighted by Gasteiger charge is -2.71. The lowest BCUT2D eigenvalue weighted by Crippen LogP contribution is -2.67.